The molecule has 2 aromatic heterocycles. The molecule has 0 aliphatic rings. The van der Waals surface area contributed by atoms with Crippen molar-refractivity contribution < 1.29 is 0 Å². The molecule has 0 saturated carbocycles. The van der Waals surface area contributed by atoms with Crippen molar-refractivity contribution in [1.29, 1.82) is 0 Å². The van der Waals surface area contributed by atoms with Gasteiger partial charge in [-0.15, -0.1) is 0 Å². The number of nitrogens with zero attached hydrogens (tertiary/aromatic N) is 3. The molecule has 0 bridgehead atoms. The van der Waals surface area contributed by atoms with E-state index in [0.29, 0.717) is 5.95 Å². The Morgan fingerprint density at radius 1 is 1.00 bits per heavy atom. The third-order valence-electron chi connectivity index (χ3n) is 2.55. The van der Waals surface area contributed by atoms with Crippen LogP contribution in [0.2, 0.25) is 0 Å². The molecule has 1 aromatic carbocycles. The third kappa shape index (κ3) is 2.17. The van der Waals surface area contributed by atoms with Crippen molar-refractivity contribution in [2.45, 2.75) is 0 Å². The van der Waals surface area contributed by atoms with Gasteiger partial charge in [-0.25, -0.2) is 9.97 Å². The van der Waals surface area contributed by atoms with Crippen molar-refractivity contribution in [2.24, 2.45) is 0 Å². The van der Waals surface area contributed by atoms with Crippen LogP contribution in [0.15, 0.2) is 53.5 Å². The van der Waals surface area contributed by atoms with E-state index in [1.54, 1.807) is 18.6 Å². The molecule has 5 heteroatoms. The molecule has 0 fully saturated rings. The fourth-order valence-electron chi connectivity index (χ4n) is 1.73. The average Bonchev–Trinajstić information content (AvgIpc) is 2.42. The van der Waals surface area contributed by atoms with Gasteiger partial charge >= 0.3 is 0 Å². The molecule has 1 N–H and O–H groups in total. The highest BCUT2D eigenvalue weighted by Gasteiger charge is 2.02. The van der Waals surface area contributed by atoms with Crippen LogP contribution in [0.1, 0.15) is 0 Å². The van der Waals surface area contributed by atoms with Crippen molar-refractivity contribution in [1.82, 2.24) is 15.0 Å². The normalized spacial score (nSPS) is 10.5. The summed E-state index contributed by atoms with van der Waals surface area (Å²) in [5.41, 5.74) is 0.970. The Kier molecular flexibility index (Phi) is 2.90. The summed E-state index contributed by atoms with van der Waals surface area (Å²) in [6.07, 6.45) is 7.03. The zero-order chi connectivity index (χ0) is 12.4. The first-order valence-corrected chi connectivity index (χ1v) is 6.19. The number of anilines is 2. The topological polar surface area (TPSA) is 50.7 Å². The summed E-state index contributed by atoms with van der Waals surface area (Å²) in [7, 11) is 0. The molecule has 0 saturated heterocycles. The lowest BCUT2D eigenvalue weighted by Gasteiger charge is -2.07. The van der Waals surface area contributed by atoms with E-state index >= 15 is 0 Å². The summed E-state index contributed by atoms with van der Waals surface area (Å²) < 4.78 is 0.857. The van der Waals surface area contributed by atoms with Gasteiger partial charge in [0, 0.05) is 41.2 Å². The lowest BCUT2D eigenvalue weighted by Crippen LogP contribution is -1.96. The standard InChI is InChI=1S/C13H9BrN4/c14-10-7-16-13(17-8-10)18-12-3-1-2-9-6-15-5-4-11(9)12/h1-8H,(H,16,17,18). The van der Waals surface area contributed by atoms with Gasteiger partial charge in [-0.3, -0.25) is 4.98 Å². The lowest BCUT2D eigenvalue weighted by atomic mass is 10.1. The Labute approximate surface area is 112 Å². The van der Waals surface area contributed by atoms with E-state index < -0.39 is 0 Å². The van der Waals surface area contributed by atoms with Gasteiger partial charge in [0.2, 0.25) is 5.95 Å². The second kappa shape index (κ2) is 4.70. The molecule has 3 aromatic rings. The zero-order valence-corrected chi connectivity index (χ0v) is 10.9. The molecule has 0 amide bonds. The van der Waals surface area contributed by atoms with Crippen LogP contribution in [-0.2, 0) is 0 Å². The first kappa shape index (κ1) is 11.1. The summed E-state index contributed by atoms with van der Waals surface area (Å²) in [5, 5.41) is 5.38. The van der Waals surface area contributed by atoms with Crippen LogP contribution in [0.5, 0.6) is 0 Å². The highest BCUT2D eigenvalue weighted by Crippen LogP contribution is 2.24. The highest BCUT2D eigenvalue weighted by molar-refractivity contribution is 9.10. The average molecular weight is 301 g/mol. The van der Waals surface area contributed by atoms with Gasteiger partial charge in [0.05, 0.1) is 4.47 Å². The maximum Gasteiger partial charge on any atom is 0.227 e. The van der Waals surface area contributed by atoms with E-state index in [0.717, 1.165) is 20.9 Å². The summed E-state index contributed by atoms with van der Waals surface area (Å²) in [6, 6.07) is 7.96. The number of hydrogen-bond donors (Lipinski definition) is 1. The Hall–Kier alpha value is -2.01. The van der Waals surface area contributed by atoms with E-state index in [4.69, 9.17) is 0 Å². The van der Waals surface area contributed by atoms with E-state index in [-0.39, 0.29) is 0 Å². The van der Waals surface area contributed by atoms with Crippen molar-refractivity contribution >= 4 is 38.3 Å². The molecule has 0 atom stereocenters. The molecular weight excluding hydrogens is 292 g/mol. The van der Waals surface area contributed by atoms with Gasteiger partial charge in [-0.05, 0) is 28.1 Å². The predicted molar refractivity (Wildman–Crippen MR) is 74.8 cm³/mol. The Morgan fingerprint density at radius 3 is 2.67 bits per heavy atom. The van der Waals surface area contributed by atoms with Gasteiger partial charge in [0.25, 0.3) is 0 Å². The van der Waals surface area contributed by atoms with Crippen LogP contribution in [0.4, 0.5) is 11.6 Å². The number of rotatable bonds is 2. The van der Waals surface area contributed by atoms with Gasteiger partial charge in [0.1, 0.15) is 0 Å². The smallest absolute Gasteiger partial charge is 0.227 e. The van der Waals surface area contributed by atoms with Crippen LogP contribution in [0.25, 0.3) is 10.8 Å². The first-order valence-electron chi connectivity index (χ1n) is 5.40. The van der Waals surface area contributed by atoms with Crippen LogP contribution in [0.3, 0.4) is 0 Å². The maximum absolute atomic E-state index is 4.20. The molecule has 18 heavy (non-hydrogen) atoms. The fourth-order valence-corrected chi connectivity index (χ4v) is 1.93. The molecule has 0 radical (unpaired) electrons. The molecule has 0 aliphatic carbocycles. The quantitative estimate of drug-likeness (QED) is 0.786. The summed E-state index contributed by atoms with van der Waals surface area (Å²) >= 11 is 3.31. The lowest BCUT2D eigenvalue weighted by molar-refractivity contribution is 1.15. The van der Waals surface area contributed by atoms with E-state index in [9.17, 15) is 0 Å². The number of aromatic nitrogens is 3. The van der Waals surface area contributed by atoms with Gasteiger partial charge < -0.3 is 5.32 Å². The van der Waals surface area contributed by atoms with Crippen LogP contribution in [-0.4, -0.2) is 15.0 Å². The molecule has 0 aliphatic heterocycles. The third-order valence-corrected chi connectivity index (χ3v) is 2.96. The molecular formula is C13H9BrN4. The Morgan fingerprint density at radius 2 is 1.83 bits per heavy atom. The number of halogens is 1. The minimum Gasteiger partial charge on any atom is -0.324 e. The van der Waals surface area contributed by atoms with Crippen molar-refractivity contribution in [3.63, 3.8) is 0 Å². The van der Waals surface area contributed by atoms with Gasteiger partial charge in [-0.1, -0.05) is 12.1 Å². The summed E-state index contributed by atoms with van der Waals surface area (Å²) in [5.74, 6) is 0.572. The molecule has 0 spiro atoms. The minimum absolute atomic E-state index is 0.572. The SMILES string of the molecule is Brc1cnc(Nc2cccc3cnccc23)nc1. The summed E-state index contributed by atoms with van der Waals surface area (Å²) in [4.78, 5) is 12.5. The van der Waals surface area contributed by atoms with Gasteiger partial charge in [-0.2, -0.15) is 0 Å². The number of fused-ring (bicyclic) bond motifs is 1. The molecule has 2 heterocycles. The largest absolute Gasteiger partial charge is 0.324 e. The number of benzene rings is 1. The number of nitrogens with one attached hydrogen (secondary N) is 1. The van der Waals surface area contributed by atoms with Gasteiger partial charge in [0.15, 0.2) is 0 Å². The molecule has 88 valence electrons. The van der Waals surface area contributed by atoms with Crippen LogP contribution < -0.4 is 5.32 Å². The number of pyridine rings is 1. The van der Waals surface area contributed by atoms with Crippen LogP contribution in [0, 0.1) is 0 Å². The highest BCUT2D eigenvalue weighted by atomic mass is 79.9. The van der Waals surface area contributed by atoms with E-state index in [2.05, 4.69) is 36.2 Å². The molecule has 0 unspecified atom stereocenters. The fraction of sp³-hybridized carbons (Fsp3) is 0. The van der Waals surface area contributed by atoms with Crippen molar-refractivity contribution in [3.8, 4) is 0 Å². The summed E-state index contributed by atoms with van der Waals surface area (Å²) in [6.45, 7) is 0. The zero-order valence-electron chi connectivity index (χ0n) is 9.34. The van der Waals surface area contributed by atoms with Crippen molar-refractivity contribution in [2.75, 3.05) is 5.32 Å². The second-order valence-electron chi connectivity index (χ2n) is 3.75. The van der Waals surface area contributed by atoms with E-state index in [1.165, 1.54) is 0 Å². The Bertz CT molecular complexity index is 677. The van der Waals surface area contributed by atoms with E-state index in [1.807, 2.05) is 30.5 Å². The molecule has 3 rings (SSSR count). The molecule has 4 nitrogen and oxygen atoms in total. The first-order chi connectivity index (χ1) is 8.83. The maximum atomic E-state index is 4.20. The predicted octanol–water partition coefficient (Wildman–Crippen LogP) is 3.53. The second-order valence-corrected chi connectivity index (χ2v) is 4.67. The number of hydrogen-bond acceptors (Lipinski definition) is 4. The monoisotopic (exact) mass is 300 g/mol. The minimum atomic E-state index is 0.572. The van der Waals surface area contributed by atoms with Crippen molar-refractivity contribution in [3.05, 3.63) is 53.5 Å². The Balaban J connectivity index is 2.02. The van der Waals surface area contributed by atoms with Crippen LogP contribution >= 0.6 is 15.9 Å².